The molecule has 6 nitrogen and oxygen atoms in total. The summed E-state index contributed by atoms with van der Waals surface area (Å²) in [5, 5.41) is 3.05. The Morgan fingerprint density at radius 3 is 2.25 bits per heavy atom. The molecule has 1 N–H and O–H groups in total. The minimum Gasteiger partial charge on any atom is -0.496 e. The largest absolute Gasteiger partial charge is 0.496 e. The second-order valence-electron chi connectivity index (χ2n) is 6.64. The van der Waals surface area contributed by atoms with Crippen LogP contribution in [-0.2, 0) is 10.0 Å². The molecule has 0 aliphatic rings. The lowest BCUT2D eigenvalue weighted by Crippen LogP contribution is -2.30. The third kappa shape index (κ3) is 5.04. The lowest BCUT2D eigenvalue weighted by molar-refractivity contribution is 0.0935. The summed E-state index contributed by atoms with van der Waals surface area (Å²) in [5.41, 5.74) is 3.05. The van der Waals surface area contributed by atoms with Crippen molar-refractivity contribution in [1.82, 2.24) is 5.32 Å². The number of nitrogens with zero attached hydrogens (tertiary/aromatic N) is 1. The Morgan fingerprint density at radius 2 is 1.79 bits per heavy atom. The summed E-state index contributed by atoms with van der Waals surface area (Å²) in [5.74, 6) is 0.612. The molecule has 2 rings (SSSR count). The summed E-state index contributed by atoms with van der Waals surface area (Å²) in [6, 6.07) is 12.3. The number of carbonyl (C=O) groups is 1. The highest BCUT2D eigenvalue weighted by Gasteiger charge is 2.18. The van der Waals surface area contributed by atoms with E-state index in [9.17, 15) is 13.2 Å². The number of sulfonamides is 1. The molecule has 1 amide bonds. The van der Waals surface area contributed by atoms with E-state index in [1.54, 1.807) is 38.3 Å². The number of hydrogen-bond donors (Lipinski definition) is 1. The zero-order chi connectivity index (χ0) is 20.9. The van der Waals surface area contributed by atoms with Gasteiger partial charge in [-0.15, -0.1) is 0 Å². The van der Waals surface area contributed by atoms with Crippen molar-refractivity contribution in [3.05, 3.63) is 59.2 Å². The fraction of sp³-hybridized carbons (Fsp3) is 0.381. The molecule has 0 heterocycles. The molecule has 0 radical (unpaired) electrons. The quantitative estimate of drug-likeness (QED) is 0.728. The van der Waals surface area contributed by atoms with E-state index in [4.69, 9.17) is 4.74 Å². The van der Waals surface area contributed by atoms with Gasteiger partial charge in [-0.25, -0.2) is 8.42 Å². The fourth-order valence-electron chi connectivity index (χ4n) is 3.17. The number of ether oxygens (including phenoxy) is 1. The highest BCUT2D eigenvalue weighted by atomic mass is 32.2. The molecule has 2 aromatic rings. The Hall–Kier alpha value is -2.54. The van der Waals surface area contributed by atoms with Gasteiger partial charge in [-0.3, -0.25) is 9.10 Å². The second kappa shape index (κ2) is 9.10. The molecule has 0 unspecified atom stereocenters. The highest BCUT2D eigenvalue weighted by molar-refractivity contribution is 7.92. The molecule has 7 heteroatoms. The number of carbonyl (C=O) groups excluding carboxylic acids is 1. The molecule has 0 fully saturated rings. The summed E-state index contributed by atoms with van der Waals surface area (Å²) in [7, 11) is -1.71. The van der Waals surface area contributed by atoms with Gasteiger partial charge in [0.1, 0.15) is 5.75 Å². The molecule has 0 aliphatic heterocycles. The normalized spacial score (nSPS) is 12.3. The number of anilines is 1. The van der Waals surface area contributed by atoms with Gasteiger partial charge in [-0.05, 0) is 61.7 Å². The Balaban J connectivity index is 2.18. The minimum atomic E-state index is -3.35. The van der Waals surface area contributed by atoms with Crippen LogP contribution in [0.1, 0.15) is 47.8 Å². The van der Waals surface area contributed by atoms with E-state index in [1.165, 1.54) is 10.6 Å². The van der Waals surface area contributed by atoms with Crippen LogP contribution in [0.5, 0.6) is 5.75 Å². The molecule has 0 saturated heterocycles. The number of aryl methyl sites for hydroxylation is 1. The lowest BCUT2D eigenvalue weighted by Gasteiger charge is -2.21. The molecule has 1 atom stereocenters. The Morgan fingerprint density at radius 1 is 1.14 bits per heavy atom. The Bertz CT molecular complexity index is 924. The van der Waals surface area contributed by atoms with Crippen LogP contribution in [0, 0.1) is 6.92 Å². The first kappa shape index (κ1) is 21.8. The average molecular weight is 405 g/mol. The fourth-order valence-corrected chi connectivity index (χ4v) is 4.14. The molecule has 0 saturated carbocycles. The summed E-state index contributed by atoms with van der Waals surface area (Å²) in [6.07, 6.45) is 1.91. The van der Waals surface area contributed by atoms with Crippen molar-refractivity contribution in [3.8, 4) is 5.75 Å². The number of methoxy groups -OCH3 is 1. The van der Waals surface area contributed by atoms with Crippen molar-refractivity contribution in [2.45, 2.75) is 33.2 Å². The van der Waals surface area contributed by atoms with Gasteiger partial charge in [0.05, 0.1) is 25.1 Å². The minimum absolute atomic E-state index is 0.125. The number of hydrogen-bond acceptors (Lipinski definition) is 4. The van der Waals surface area contributed by atoms with Crippen molar-refractivity contribution in [1.29, 1.82) is 0 Å². The van der Waals surface area contributed by atoms with Gasteiger partial charge >= 0.3 is 0 Å². The van der Waals surface area contributed by atoms with Gasteiger partial charge in [-0.1, -0.05) is 19.1 Å². The number of nitrogens with one attached hydrogen (secondary N) is 1. The van der Waals surface area contributed by atoms with Gasteiger partial charge in [0.2, 0.25) is 10.0 Å². The summed E-state index contributed by atoms with van der Waals surface area (Å²) in [6.45, 7) is 6.08. The topological polar surface area (TPSA) is 75.7 Å². The Kier molecular flexibility index (Phi) is 7.07. The molecule has 0 bridgehead atoms. The zero-order valence-corrected chi connectivity index (χ0v) is 17.8. The molecule has 152 valence electrons. The van der Waals surface area contributed by atoms with Gasteiger partial charge in [-0.2, -0.15) is 0 Å². The molecule has 0 aliphatic carbocycles. The number of benzene rings is 2. The van der Waals surface area contributed by atoms with E-state index >= 15 is 0 Å². The first-order valence-electron chi connectivity index (χ1n) is 9.24. The highest BCUT2D eigenvalue weighted by Crippen LogP contribution is 2.25. The number of amides is 1. The van der Waals surface area contributed by atoms with Crippen LogP contribution < -0.4 is 14.4 Å². The SMILES string of the molecule is CC[C@H](NC(=O)c1ccc(N(CC)S(C)(=O)=O)cc1)c1ccc(OC)c(C)c1. The van der Waals surface area contributed by atoms with E-state index < -0.39 is 10.0 Å². The smallest absolute Gasteiger partial charge is 0.251 e. The predicted molar refractivity (Wildman–Crippen MR) is 113 cm³/mol. The van der Waals surface area contributed by atoms with Crippen LogP contribution in [0.4, 0.5) is 5.69 Å². The molecule has 2 aromatic carbocycles. The second-order valence-corrected chi connectivity index (χ2v) is 8.54. The van der Waals surface area contributed by atoms with Crippen molar-refractivity contribution in [3.63, 3.8) is 0 Å². The van der Waals surface area contributed by atoms with Gasteiger partial charge in [0, 0.05) is 12.1 Å². The van der Waals surface area contributed by atoms with E-state index in [0.717, 1.165) is 23.3 Å². The van der Waals surface area contributed by atoms with Crippen LogP contribution in [0.2, 0.25) is 0 Å². The molecular formula is C21H28N2O4S. The lowest BCUT2D eigenvalue weighted by atomic mass is 10.0. The van der Waals surface area contributed by atoms with Gasteiger partial charge < -0.3 is 10.1 Å². The molecule has 28 heavy (non-hydrogen) atoms. The Labute approximate surface area is 167 Å². The third-order valence-corrected chi connectivity index (χ3v) is 5.91. The van der Waals surface area contributed by atoms with Crippen molar-refractivity contribution in [2.24, 2.45) is 0 Å². The first-order chi connectivity index (χ1) is 13.2. The maximum Gasteiger partial charge on any atom is 0.251 e. The average Bonchev–Trinajstić information content (AvgIpc) is 2.65. The van der Waals surface area contributed by atoms with Crippen molar-refractivity contribution >= 4 is 21.6 Å². The van der Waals surface area contributed by atoms with E-state index in [1.807, 2.05) is 32.0 Å². The third-order valence-electron chi connectivity index (χ3n) is 4.64. The van der Waals surface area contributed by atoms with E-state index in [0.29, 0.717) is 17.8 Å². The van der Waals surface area contributed by atoms with Crippen LogP contribution in [0.3, 0.4) is 0 Å². The molecule has 0 aromatic heterocycles. The van der Waals surface area contributed by atoms with Crippen LogP contribution in [-0.4, -0.2) is 34.2 Å². The monoisotopic (exact) mass is 404 g/mol. The van der Waals surface area contributed by atoms with Gasteiger partial charge in [0.25, 0.3) is 5.91 Å². The van der Waals surface area contributed by atoms with Gasteiger partial charge in [0.15, 0.2) is 0 Å². The maximum absolute atomic E-state index is 12.7. The van der Waals surface area contributed by atoms with Crippen LogP contribution >= 0.6 is 0 Å². The first-order valence-corrected chi connectivity index (χ1v) is 11.1. The van der Waals surface area contributed by atoms with E-state index in [2.05, 4.69) is 5.32 Å². The zero-order valence-electron chi connectivity index (χ0n) is 17.0. The summed E-state index contributed by atoms with van der Waals surface area (Å²) >= 11 is 0. The van der Waals surface area contributed by atoms with Crippen molar-refractivity contribution in [2.75, 3.05) is 24.2 Å². The predicted octanol–water partition coefficient (Wildman–Crippen LogP) is 3.67. The maximum atomic E-state index is 12.7. The van der Waals surface area contributed by atoms with Crippen LogP contribution in [0.15, 0.2) is 42.5 Å². The van der Waals surface area contributed by atoms with Crippen LogP contribution in [0.25, 0.3) is 0 Å². The molecular weight excluding hydrogens is 376 g/mol. The van der Waals surface area contributed by atoms with Crippen molar-refractivity contribution < 1.29 is 17.9 Å². The summed E-state index contributed by atoms with van der Waals surface area (Å²) < 4.78 is 30.3. The standard InChI is InChI=1S/C21H28N2O4S/c1-6-19(17-10-13-20(27-4)15(3)14-17)22-21(24)16-8-11-18(12-9-16)23(7-2)28(5,25)26/h8-14,19H,6-7H2,1-5H3,(H,22,24)/t19-/m0/s1. The molecule has 0 spiro atoms. The van der Waals surface area contributed by atoms with E-state index in [-0.39, 0.29) is 11.9 Å². The summed E-state index contributed by atoms with van der Waals surface area (Å²) in [4.78, 5) is 12.7. The number of rotatable bonds is 8.